The molecule has 5 rings (SSSR count). The number of hydrogen-bond acceptors (Lipinski definition) is 8. The molecule has 2 aromatic heterocycles. The first kappa shape index (κ1) is 18.6. The predicted molar refractivity (Wildman–Crippen MR) is 115 cm³/mol. The molecule has 0 radical (unpaired) electrons. The van der Waals surface area contributed by atoms with Crippen LogP contribution < -0.4 is 21.3 Å². The molecule has 3 aromatic rings. The lowest BCUT2D eigenvalue weighted by Crippen LogP contribution is -2.49. The molecule has 9 heteroatoms. The van der Waals surface area contributed by atoms with Crippen molar-refractivity contribution in [2.75, 3.05) is 35.2 Å². The molecule has 2 aliphatic rings. The number of aliphatic hydroxyl groups is 1. The van der Waals surface area contributed by atoms with Gasteiger partial charge in [0.25, 0.3) is 5.91 Å². The van der Waals surface area contributed by atoms with E-state index in [1.54, 1.807) is 12.3 Å². The number of nitrogens with zero attached hydrogens (tertiary/aromatic N) is 3. The number of carbonyl (C=O) groups excluding carboxylic acids is 1. The van der Waals surface area contributed by atoms with Crippen molar-refractivity contribution in [3.05, 3.63) is 42.7 Å². The van der Waals surface area contributed by atoms with Crippen LogP contribution in [-0.4, -0.2) is 46.2 Å². The first-order chi connectivity index (χ1) is 14.5. The molecule has 0 aliphatic carbocycles. The van der Waals surface area contributed by atoms with Gasteiger partial charge in [-0.15, -0.1) is 0 Å². The molecule has 1 aromatic carbocycles. The summed E-state index contributed by atoms with van der Waals surface area (Å²) in [6.07, 6.45) is 2.71. The second-order valence-corrected chi connectivity index (χ2v) is 7.74. The first-order valence-corrected chi connectivity index (χ1v) is 9.80. The predicted octanol–water partition coefficient (Wildman–Crippen LogP) is 2.22. The Labute approximate surface area is 172 Å². The fourth-order valence-electron chi connectivity index (χ4n) is 3.89. The molecule has 1 saturated heterocycles. The van der Waals surface area contributed by atoms with E-state index in [9.17, 15) is 9.90 Å². The number of hydrogen-bond donors (Lipinski definition) is 4. The highest BCUT2D eigenvalue weighted by atomic mass is 16.3. The van der Waals surface area contributed by atoms with Gasteiger partial charge in [0.2, 0.25) is 5.95 Å². The number of benzene rings is 1. The van der Waals surface area contributed by atoms with E-state index in [0.29, 0.717) is 60.1 Å². The van der Waals surface area contributed by atoms with Crippen LogP contribution in [-0.2, 0) is 4.79 Å². The van der Waals surface area contributed by atoms with E-state index in [1.807, 2.05) is 18.2 Å². The van der Waals surface area contributed by atoms with Crippen molar-refractivity contribution in [1.29, 1.82) is 0 Å². The second-order valence-electron chi connectivity index (χ2n) is 7.74. The topological polar surface area (TPSA) is 130 Å². The highest BCUT2D eigenvalue weighted by Gasteiger charge is 2.32. The third kappa shape index (κ3) is 3.08. The van der Waals surface area contributed by atoms with Gasteiger partial charge in [-0.2, -0.15) is 4.98 Å². The van der Waals surface area contributed by atoms with Gasteiger partial charge in [0.1, 0.15) is 5.52 Å². The lowest BCUT2D eigenvalue weighted by Gasteiger charge is -2.37. The summed E-state index contributed by atoms with van der Waals surface area (Å²) < 4.78 is 5.63. The molecule has 9 nitrogen and oxygen atoms in total. The molecule has 0 spiro atoms. The highest BCUT2D eigenvalue weighted by molar-refractivity contribution is 6.31. The number of nitrogens with two attached hydrogens (primary N) is 1. The molecule has 1 fully saturated rings. The number of rotatable bonds is 4. The standard InChI is InChI=1S/C21H22N6O3/c1-12-14-3-2-13(10-16(14)24-19(12)28)23-20-25-15-4-9-30-17(15)18(26-20)27-7-5-21(29,11-22)6-8-27/h2-4,9-10,29H,1,5-8,11,22H2,(H,24,28)(H,23,25,26). The number of amides is 1. The smallest absolute Gasteiger partial charge is 0.255 e. The van der Waals surface area contributed by atoms with E-state index < -0.39 is 5.60 Å². The molecular formula is C21H22N6O3. The summed E-state index contributed by atoms with van der Waals surface area (Å²) in [5.74, 6) is 0.902. The summed E-state index contributed by atoms with van der Waals surface area (Å²) in [4.78, 5) is 23.1. The number of furan rings is 1. The number of anilines is 4. The van der Waals surface area contributed by atoms with Gasteiger partial charge in [-0.1, -0.05) is 12.6 Å². The minimum Gasteiger partial charge on any atom is -0.459 e. The summed E-state index contributed by atoms with van der Waals surface area (Å²) in [5, 5.41) is 16.4. The van der Waals surface area contributed by atoms with Gasteiger partial charge < -0.3 is 30.8 Å². The monoisotopic (exact) mass is 406 g/mol. The van der Waals surface area contributed by atoms with Gasteiger partial charge >= 0.3 is 0 Å². The van der Waals surface area contributed by atoms with Crippen molar-refractivity contribution in [3.63, 3.8) is 0 Å². The van der Waals surface area contributed by atoms with Gasteiger partial charge in [-0.3, -0.25) is 4.79 Å². The van der Waals surface area contributed by atoms with E-state index in [2.05, 4.69) is 32.1 Å². The number of nitrogens with one attached hydrogen (secondary N) is 2. The zero-order valence-electron chi connectivity index (χ0n) is 16.3. The molecule has 4 heterocycles. The average molecular weight is 406 g/mol. The first-order valence-electron chi connectivity index (χ1n) is 9.80. The average Bonchev–Trinajstić information content (AvgIpc) is 3.32. The normalized spacial score (nSPS) is 17.9. The molecule has 2 aliphatic heterocycles. The number of fused-ring (bicyclic) bond motifs is 2. The van der Waals surface area contributed by atoms with Crippen molar-refractivity contribution in [1.82, 2.24) is 9.97 Å². The summed E-state index contributed by atoms with van der Waals surface area (Å²) in [5.41, 5.74) is 8.87. The van der Waals surface area contributed by atoms with Crippen molar-refractivity contribution in [3.8, 4) is 0 Å². The van der Waals surface area contributed by atoms with Crippen LogP contribution >= 0.6 is 0 Å². The Bertz CT molecular complexity index is 1160. The molecule has 0 unspecified atom stereocenters. The molecular weight excluding hydrogens is 384 g/mol. The summed E-state index contributed by atoms with van der Waals surface area (Å²) in [6, 6.07) is 7.32. The summed E-state index contributed by atoms with van der Waals surface area (Å²) >= 11 is 0. The Morgan fingerprint density at radius 2 is 2.10 bits per heavy atom. The Balaban J connectivity index is 1.45. The van der Waals surface area contributed by atoms with Gasteiger partial charge in [0.15, 0.2) is 11.4 Å². The van der Waals surface area contributed by atoms with Crippen molar-refractivity contribution in [2.24, 2.45) is 5.73 Å². The molecule has 1 amide bonds. The Morgan fingerprint density at radius 1 is 1.30 bits per heavy atom. The van der Waals surface area contributed by atoms with Crippen LogP contribution in [0.15, 0.2) is 41.5 Å². The van der Waals surface area contributed by atoms with Gasteiger partial charge in [-0.05, 0) is 25.0 Å². The Morgan fingerprint density at radius 3 is 2.87 bits per heavy atom. The Kier molecular flexibility index (Phi) is 4.23. The minimum absolute atomic E-state index is 0.192. The molecule has 0 bridgehead atoms. The van der Waals surface area contributed by atoms with Crippen molar-refractivity contribution < 1.29 is 14.3 Å². The highest BCUT2D eigenvalue weighted by Crippen LogP contribution is 2.34. The van der Waals surface area contributed by atoms with Gasteiger partial charge in [0, 0.05) is 42.5 Å². The van der Waals surface area contributed by atoms with E-state index in [0.717, 1.165) is 11.3 Å². The molecule has 154 valence electrons. The fourth-order valence-corrected chi connectivity index (χ4v) is 3.89. The van der Waals surface area contributed by atoms with Gasteiger partial charge in [-0.25, -0.2) is 4.98 Å². The van der Waals surface area contributed by atoms with Crippen LogP contribution in [0.4, 0.5) is 23.1 Å². The molecule has 5 N–H and O–H groups in total. The molecule has 0 atom stereocenters. The fraction of sp³-hybridized carbons (Fsp3) is 0.286. The van der Waals surface area contributed by atoms with Crippen molar-refractivity contribution >= 4 is 45.7 Å². The number of piperidine rings is 1. The van der Waals surface area contributed by atoms with Crippen molar-refractivity contribution in [2.45, 2.75) is 18.4 Å². The third-order valence-electron chi connectivity index (χ3n) is 5.78. The summed E-state index contributed by atoms with van der Waals surface area (Å²) in [7, 11) is 0. The maximum Gasteiger partial charge on any atom is 0.255 e. The van der Waals surface area contributed by atoms with Crippen LogP contribution in [0.3, 0.4) is 0 Å². The summed E-state index contributed by atoms with van der Waals surface area (Å²) in [6.45, 7) is 5.28. The number of aromatic nitrogens is 2. The lowest BCUT2D eigenvalue weighted by atomic mass is 9.92. The van der Waals surface area contributed by atoms with Crippen LogP contribution in [0.5, 0.6) is 0 Å². The quantitative estimate of drug-likeness (QED) is 0.485. The zero-order valence-corrected chi connectivity index (χ0v) is 16.3. The van der Waals surface area contributed by atoms with E-state index in [-0.39, 0.29) is 12.5 Å². The van der Waals surface area contributed by atoms with Crippen LogP contribution in [0.25, 0.3) is 16.7 Å². The molecule has 0 saturated carbocycles. The zero-order chi connectivity index (χ0) is 20.9. The van der Waals surface area contributed by atoms with E-state index in [4.69, 9.17) is 10.2 Å². The van der Waals surface area contributed by atoms with Crippen LogP contribution in [0.2, 0.25) is 0 Å². The third-order valence-corrected chi connectivity index (χ3v) is 5.78. The van der Waals surface area contributed by atoms with Crippen LogP contribution in [0.1, 0.15) is 18.4 Å². The van der Waals surface area contributed by atoms with Crippen LogP contribution in [0, 0.1) is 0 Å². The largest absolute Gasteiger partial charge is 0.459 e. The lowest BCUT2D eigenvalue weighted by molar-refractivity contribution is -0.110. The maximum absolute atomic E-state index is 11.8. The van der Waals surface area contributed by atoms with E-state index in [1.165, 1.54) is 0 Å². The maximum atomic E-state index is 11.8. The second kappa shape index (κ2) is 6.82. The SMILES string of the molecule is C=C1C(=O)Nc2cc(Nc3nc(N4CCC(O)(CN)CC4)c4occc4n3)ccc21. The minimum atomic E-state index is -0.828. The van der Waals surface area contributed by atoms with Gasteiger partial charge in [0.05, 0.1) is 17.6 Å². The molecule has 30 heavy (non-hydrogen) atoms. The number of carbonyl (C=O) groups is 1. The Hall–Kier alpha value is -3.43. The van der Waals surface area contributed by atoms with E-state index >= 15 is 0 Å².